The lowest BCUT2D eigenvalue weighted by atomic mass is 9.94. The van der Waals surface area contributed by atoms with E-state index in [2.05, 4.69) is 24.3 Å². The van der Waals surface area contributed by atoms with Gasteiger partial charge in [0.25, 0.3) is 0 Å². The lowest BCUT2D eigenvalue weighted by molar-refractivity contribution is 0.00460. The van der Waals surface area contributed by atoms with Gasteiger partial charge in [-0.15, -0.1) is 0 Å². The molecule has 0 radical (unpaired) electrons. The van der Waals surface area contributed by atoms with Crippen LogP contribution in [0.15, 0.2) is 78.9 Å². The van der Waals surface area contributed by atoms with Crippen molar-refractivity contribution in [1.82, 2.24) is 0 Å². The number of carbonyl (C=O) groups excluding carboxylic acids is 1. The van der Waals surface area contributed by atoms with Crippen LogP contribution >= 0.6 is 0 Å². The van der Waals surface area contributed by atoms with Gasteiger partial charge in [0.05, 0.1) is 11.7 Å². The first-order valence-electron chi connectivity index (χ1n) is 9.84. The summed E-state index contributed by atoms with van der Waals surface area (Å²) >= 11 is 0. The Balaban J connectivity index is 1.52. The zero-order valence-corrected chi connectivity index (χ0v) is 15.8. The minimum absolute atomic E-state index is 0.0885. The molecule has 1 N–H and O–H groups in total. The molecule has 0 amide bonds. The predicted octanol–water partition coefficient (Wildman–Crippen LogP) is 5.48. The van der Waals surface area contributed by atoms with Crippen LogP contribution in [0.5, 0.6) is 0 Å². The number of esters is 1. The Morgan fingerprint density at radius 3 is 1.86 bits per heavy atom. The third-order valence-corrected chi connectivity index (χ3v) is 5.36. The monoisotopic (exact) mass is 372 g/mol. The molecule has 4 rings (SSSR count). The molecule has 0 unspecified atom stereocenters. The summed E-state index contributed by atoms with van der Waals surface area (Å²) in [5, 5.41) is 9.58. The highest BCUT2D eigenvalue weighted by Gasteiger charge is 2.23. The van der Waals surface area contributed by atoms with Gasteiger partial charge in [0.15, 0.2) is 0 Å². The van der Waals surface area contributed by atoms with Gasteiger partial charge in [-0.25, -0.2) is 4.79 Å². The molecule has 1 saturated carbocycles. The summed E-state index contributed by atoms with van der Waals surface area (Å²) in [6.07, 6.45) is 2.53. The van der Waals surface area contributed by atoms with Crippen molar-refractivity contribution in [1.29, 1.82) is 0 Å². The number of carbonyl (C=O) groups is 1. The first-order valence-corrected chi connectivity index (χ1v) is 9.84. The van der Waals surface area contributed by atoms with Gasteiger partial charge in [-0.1, -0.05) is 66.7 Å². The number of hydrogen-bond donors (Lipinski definition) is 1. The standard InChI is InChI=1S/C25H24O3/c26-21-14-16-22(17-15-21)28-25(27)20-12-10-19(11-13-20)24-9-5-4-8-23(24)18-6-2-1-3-7-18/h1-13,21-22,26H,14-17H2. The van der Waals surface area contributed by atoms with Crippen LogP contribution in [0.4, 0.5) is 0 Å². The van der Waals surface area contributed by atoms with Crippen LogP contribution in [0.1, 0.15) is 36.0 Å². The van der Waals surface area contributed by atoms with Gasteiger partial charge in [-0.3, -0.25) is 0 Å². The van der Waals surface area contributed by atoms with E-state index >= 15 is 0 Å². The van der Waals surface area contributed by atoms with Gasteiger partial charge in [0.1, 0.15) is 6.10 Å². The summed E-state index contributed by atoms with van der Waals surface area (Å²) in [6, 6.07) is 26.2. The average Bonchev–Trinajstić information content (AvgIpc) is 2.76. The fourth-order valence-corrected chi connectivity index (χ4v) is 3.77. The van der Waals surface area contributed by atoms with Crippen molar-refractivity contribution >= 4 is 5.97 Å². The lowest BCUT2D eigenvalue weighted by Crippen LogP contribution is -2.26. The third kappa shape index (κ3) is 4.15. The van der Waals surface area contributed by atoms with E-state index in [0.717, 1.165) is 24.0 Å². The number of rotatable bonds is 4. The summed E-state index contributed by atoms with van der Waals surface area (Å²) in [7, 11) is 0. The zero-order valence-electron chi connectivity index (χ0n) is 15.8. The Labute approximate surface area is 165 Å². The number of aliphatic hydroxyl groups is 1. The number of hydrogen-bond acceptors (Lipinski definition) is 3. The van der Waals surface area contributed by atoms with E-state index in [0.29, 0.717) is 18.4 Å². The first-order chi connectivity index (χ1) is 13.7. The van der Waals surface area contributed by atoms with Gasteiger partial charge in [0.2, 0.25) is 0 Å². The van der Waals surface area contributed by atoms with Gasteiger partial charge < -0.3 is 9.84 Å². The molecule has 3 aromatic carbocycles. The molecule has 1 aliphatic carbocycles. The maximum Gasteiger partial charge on any atom is 0.338 e. The highest BCUT2D eigenvalue weighted by Crippen LogP contribution is 2.32. The maximum atomic E-state index is 12.4. The van der Waals surface area contributed by atoms with Crippen LogP contribution in [0.2, 0.25) is 0 Å². The van der Waals surface area contributed by atoms with E-state index in [-0.39, 0.29) is 18.2 Å². The highest BCUT2D eigenvalue weighted by atomic mass is 16.5. The van der Waals surface area contributed by atoms with Crippen LogP contribution < -0.4 is 0 Å². The Bertz CT molecular complexity index is 924. The van der Waals surface area contributed by atoms with Gasteiger partial charge in [0, 0.05) is 0 Å². The van der Waals surface area contributed by atoms with Gasteiger partial charge >= 0.3 is 5.97 Å². The molecule has 3 aromatic rings. The maximum absolute atomic E-state index is 12.4. The van der Waals surface area contributed by atoms with E-state index in [9.17, 15) is 9.90 Å². The van der Waals surface area contributed by atoms with Crippen LogP contribution in [0.3, 0.4) is 0 Å². The molecule has 0 aromatic heterocycles. The molecule has 0 bridgehead atoms. The number of benzene rings is 3. The molecule has 0 aliphatic heterocycles. The Kier molecular flexibility index (Phi) is 5.54. The fraction of sp³-hybridized carbons (Fsp3) is 0.240. The number of ether oxygens (including phenoxy) is 1. The smallest absolute Gasteiger partial charge is 0.338 e. The van der Waals surface area contributed by atoms with Crippen molar-refractivity contribution in [2.45, 2.75) is 37.9 Å². The van der Waals surface area contributed by atoms with Crippen molar-refractivity contribution in [2.24, 2.45) is 0 Å². The van der Waals surface area contributed by atoms with Crippen molar-refractivity contribution in [3.8, 4) is 22.3 Å². The predicted molar refractivity (Wildman–Crippen MR) is 111 cm³/mol. The average molecular weight is 372 g/mol. The van der Waals surface area contributed by atoms with Gasteiger partial charge in [-0.05, 0) is 60.1 Å². The molecule has 3 nitrogen and oxygen atoms in total. The molecule has 1 fully saturated rings. The Morgan fingerprint density at radius 1 is 0.714 bits per heavy atom. The topological polar surface area (TPSA) is 46.5 Å². The van der Waals surface area contributed by atoms with Gasteiger partial charge in [-0.2, -0.15) is 0 Å². The second kappa shape index (κ2) is 8.41. The summed E-state index contributed by atoms with van der Waals surface area (Å²) < 4.78 is 5.61. The largest absolute Gasteiger partial charge is 0.459 e. The minimum atomic E-state index is -0.288. The van der Waals surface area contributed by atoms with Crippen LogP contribution in [0.25, 0.3) is 22.3 Å². The summed E-state index contributed by atoms with van der Waals surface area (Å²) in [6.45, 7) is 0. The zero-order chi connectivity index (χ0) is 19.3. The second-order valence-electron chi connectivity index (χ2n) is 7.32. The molecular formula is C25H24O3. The molecule has 0 atom stereocenters. The van der Waals surface area contributed by atoms with E-state index in [1.54, 1.807) is 0 Å². The summed E-state index contributed by atoms with van der Waals surface area (Å²) in [5.41, 5.74) is 5.10. The van der Waals surface area contributed by atoms with Crippen LogP contribution in [-0.4, -0.2) is 23.3 Å². The minimum Gasteiger partial charge on any atom is -0.459 e. The Morgan fingerprint density at radius 2 is 1.25 bits per heavy atom. The van der Waals surface area contributed by atoms with Crippen molar-refractivity contribution in [2.75, 3.05) is 0 Å². The summed E-state index contributed by atoms with van der Waals surface area (Å²) in [5.74, 6) is -0.288. The van der Waals surface area contributed by atoms with E-state index in [1.165, 1.54) is 11.1 Å². The molecule has 1 aliphatic rings. The van der Waals surface area contributed by atoms with E-state index in [1.807, 2.05) is 54.6 Å². The molecule has 0 spiro atoms. The Hall–Kier alpha value is -2.91. The van der Waals surface area contributed by atoms with E-state index < -0.39 is 0 Å². The van der Waals surface area contributed by atoms with Crippen molar-refractivity contribution < 1.29 is 14.6 Å². The second-order valence-corrected chi connectivity index (χ2v) is 7.32. The molecule has 0 heterocycles. The molecular weight excluding hydrogens is 348 g/mol. The fourth-order valence-electron chi connectivity index (χ4n) is 3.77. The lowest BCUT2D eigenvalue weighted by Gasteiger charge is -2.25. The molecule has 28 heavy (non-hydrogen) atoms. The SMILES string of the molecule is O=C(OC1CCC(O)CC1)c1ccc(-c2ccccc2-c2ccccc2)cc1. The third-order valence-electron chi connectivity index (χ3n) is 5.36. The van der Waals surface area contributed by atoms with Crippen LogP contribution in [0, 0.1) is 0 Å². The normalized spacial score (nSPS) is 19.2. The molecule has 142 valence electrons. The quantitative estimate of drug-likeness (QED) is 0.617. The summed E-state index contributed by atoms with van der Waals surface area (Å²) in [4.78, 5) is 12.4. The molecule has 3 heteroatoms. The highest BCUT2D eigenvalue weighted by molar-refractivity contribution is 5.91. The number of aliphatic hydroxyl groups excluding tert-OH is 1. The van der Waals surface area contributed by atoms with E-state index in [4.69, 9.17) is 4.74 Å². The molecule has 0 saturated heterocycles. The van der Waals surface area contributed by atoms with Crippen molar-refractivity contribution in [3.05, 3.63) is 84.4 Å². The van der Waals surface area contributed by atoms with Crippen molar-refractivity contribution in [3.63, 3.8) is 0 Å². The van der Waals surface area contributed by atoms with Crippen LogP contribution in [-0.2, 0) is 4.74 Å². The first kappa shape index (κ1) is 18.5.